The fourth-order valence-corrected chi connectivity index (χ4v) is 2.54. The van der Waals surface area contributed by atoms with Gasteiger partial charge in [0.25, 0.3) is 0 Å². The Bertz CT molecular complexity index is 627. The number of hydrogen-bond acceptors (Lipinski definition) is 5. The Morgan fingerprint density at radius 3 is 2.44 bits per heavy atom. The predicted molar refractivity (Wildman–Crippen MR) is 108 cm³/mol. The van der Waals surface area contributed by atoms with Crippen molar-refractivity contribution >= 4 is 0 Å². The Hall–Kier alpha value is -1.61. The van der Waals surface area contributed by atoms with Crippen LogP contribution < -0.4 is 4.74 Å². The van der Waals surface area contributed by atoms with Gasteiger partial charge in [-0.1, -0.05) is 5.92 Å². The molecule has 0 spiro atoms. The molecule has 0 amide bonds. The van der Waals surface area contributed by atoms with Crippen molar-refractivity contribution in [2.45, 2.75) is 65.2 Å². The lowest BCUT2D eigenvalue weighted by molar-refractivity contribution is -0.0794. The van der Waals surface area contributed by atoms with Gasteiger partial charge in [-0.25, -0.2) is 4.98 Å². The molecule has 1 fully saturated rings. The Morgan fingerprint density at radius 2 is 1.85 bits per heavy atom. The van der Waals surface area contributed by atoms with E-state index < -0.39 is 0 Å². The topological polar surface area (TPSA) is 43.8 Å². The summed E-state index contributed by atoms with van der Waals surface area (Å²) < 4.78 is 17.1. The molecule has 1 aromatic heterocycles. The van der Waals surface area contributed by atoms with Gasteiger partial charge < -0.3 is 14.2 Å². The molecule has 150 valence electrons. The molecule has 0 radical (unpaired) electrons. The minimum atomic E-state index is -0.101. The first-order chi connectivity index (χ1) is 12.6. The molecule has 0 aliphatic carbocycles. The van der Waals surface area contributed by atoms with Crippen LogP contribution in [0.5, 0.6) is 5.75 Å². The van der Waals surface area contributed by atoms with Crippen LogP contribution in [0.2, 0.25) is 0 Å². The van der Waals surface area contributed by atoms with Crippen LogP contribution in [0, 0.1) is 11.8 Å². The Balaban J connectivity index is 1.61. The summed E-state index contributed by atoms with van der Waals surface area (Å²) in [7, 11) is 0. The summed E-state index contributed by atoms with van der Waals surface area (Å²) in [5, 5.41) is 0. The normalized spacial score (nSPS) is 15.8. The summed E-state index contributed by atoms with van der Waals surface area (Å²) >= 11 is 0. The van der Waals surface area contributed by atoms with Gasteiger partial charge in [0.05, 0.1) is 31.1 Å². The molecule has 0 aromatic carbocycles. The minimum Gasteiger partial charge on any atom is -0.492 e. The van der Waals surface area contributed by atoms with Crippen LogP contribution in [-0.4, -0.2) is 60.0 Å². The molecule has 0 saturated carbocycles. The van der Waals surface area contributed by atoms with Gasteiger partial charge in [-0.2, -0.15) is 0 Å². The molecule has 0 atom stereocenters. The third kappa shape index (κ3) is 8.30. The molecule has 1 aromatic rings. The summed E-state index contributed by atoms with van der Waals surface area (Å²) in [6.45, 7) is 16.5. The summed E-state index contributed by atoms with van der Waals surface area (Å²) in [4.78, 5) is 6.72. The van der Waals surface area contributed by atoms with Gasteiger partial charge in [-0.15, -0.1) is 0 Å². The Labute approximate surface area is 164 Å². The molecule has 0 N–H and O–H groups in total. The van der Waals surface area contributed by atoms with E-state index in [9.17, 15) is 0 Å². The fraction of sp³-hybridized carbons (Fsp3) is 0.682. The number of likely N-dealkylation sites (tertiary alicyclic amines) is 1. The second-order valence-electron chi connectivity index (χ2n) is 8.85. The van der Waals surface area contributed by atoms with Crippen LogP contribution in [0.1, 0.15) is 53.7 Å². The van der Waals surface area contributed by atoms with Gasteiger partial charge in [0.2, 0.25) is 0 Å². The highest BCUT2D eigenvalue weighted by molar-refractivity contribution is 5.31. The highest BCUT2D eigenvalue weighted by atomic mass is 16.5. The average Bonchev–Trinajstić information content (AvgIpc) is 2.51. The molecular formula is C22H34N2O3. The lowest BCUT2D eigenvalue weighted by atomic mass is 9.99. The van der Waals surface area contributed by atoms with Crippen molar-refractivity contribution in [2.24, 2.45) is 0 Å². The van der Waals surface area contributed by atoms with Crippen LogP contribution in [0.15, 0.2) is 18.3 Å². The smallest absolute Gasteiger partial charge is 0.137 e. The van der Waals surface area contributed by atoms with E-state index in [2.05, 4.69) is 63.3 Å². The summed E-state index contributed by atoms with van der Waals surface area (Å²) in [6.07, 6.45) is 2.86. The van der Waals surface area contributed by atoms with Crippen molar-refractivity contribution < 1.29 is 14.2 Å². The molecule has 0 bridgehead atoms. The first-order valence-electron chi connectivity index (χ1n) is 9.72. The Kier molecular flexibility index (Phi) is 7.67. The van der Waals surface area contributed by atoms with Crippen LogP contribution in [0.3, 0.4) is 0 Å². The van der Waals surface area contributed by atoms with Gasteiger partial charge in [0.15, 0.2) is 0 Å². The minimum absolute atomic E-state index is 0.101. The zero-order valence-electron chi connectivity index (χ0n) is 17.7. The van der Waals surface area contributed by atoms with Gasteiger partial charge in [0, 0.05) is 25.0 Å². The monoisotopic (exact) mass is 374 g/mol. The zero-order chi connectivity index (χ0) is 19.9. The number of ether oxygens (including phenoxy) is 3. The maximum absolute atomic E-state index is 5.77. The van der Waals surface area contributed by atoms with E-state index in [-0.39, 0.29) is 11.1 Å². The summed E-state index contributed by atoms with van der Waals surface area (Å²) in [5.74, 6) is 6.83. The quantitative estimate of drug-likeness (QED) is 0.540. The molecule has 1 saturated heterocycles. The summed E-state index contributed by atoms with van der Waals surface area (Å²) in [6, 6.07) is 3.77. The van der Waals surface area contributed by atoms with Gasteiger partial charge in [-0.3, -0.25) is 4.90 Å². The second kappa shape index (κ2) is 9.54. The number of pyridine rings is 1. The second-order valence-corrected chi connectivity index (χ2v) is 8.85. The average molecular weight is 375 g/mol. The van der Waals surface area contributed by atoms with Crippen molar-refractivity contribution in [1.29, 1.82) is 0 Å². The van der Waals surface area contributed by atoms with Crippen LogP contribution in [0.25, 0.3) is 0 Å². The molecular weight excluding hydrogens is 340 g/mol. The van der Waals surface area contributed by atoms with E-state index in [0.29, 0.717) is 25.9 Å². The van der Waals surface area contributed by atoms with E-state index in [1.165, 1.54) is 0 Å². The molecule has 2 rings (SSSR count). The van der Waals surface area contributed by atoms with Crippen LogP contribution in [0.4, 0.5) is 0 Å². The standard InChI is InChI=1S/C22H34N2O3/c1-21(2,3)24-16-20(17-24)26-12-7-9-18-10-11-19(15-23-18)25-13-8-14-27-22(4,5)6/h10-11,15,20H,8,12-14,16-17H2,1-6H3. The van der Waals surface area contributed by atoms with E-state index in [1.807, 2.05) is 12.1 Å². The van der Waals surface area contributed by atoms with Crippen LogP contribution >= 0.6 is 0 Å². The molecule has 27 heavy (non-hydrogen) atoms. The maximum Gasteiger partial charge on any atom is 0.137 e. The van der Waals surface area contributed by atoms with Crippen molar-refractivity contribution in [1.82, 2.24) is 9.88 Å². The van der Waals surface area contributed by atoms with Crippen molar-refractivity contribution in [3.63, 3.8) is 0 Å². The van der Waals surface area contributed by atoms with E-state index in [1.54, 1.807) is 6.20 Å². The zero-order valence-corrected chi connectivity index (χ0v) is 17.7. The van der Waals surface area contributed by atoms with E-state index in [4.69, 9.17) is 14.2 Å². The summed E-state index contributed by atoms with van der Waals surface area (Å²) in [5.41, 5.74) is 0.849. The predicted octanol–water partition coefficient (Wildman–Crippen LogP) is 3.52. The first-order valence-corrected chi connectivity index (χ1v) is 9.72. The Morgan fingerprint density at radius 1 is 1.11 bits per heavy atom. The van der Waals surface area contributed by atoms with Gasteiger partial charge in [0.1, 0.15) is 18.1 Å². The van der Waals surface area contributed by atoms with Crippen LogP contribution in [-0.2, 0) is 9.47 Å². The number of nitrogens with zero attached hydrogens (tertiary/aromatic N) is 2. The highest BCUT2D eigenvalue weighted by Gasteiger charge is 2.34. The molecule has 5 heteroatoms. The highest BCUT2D eigenvalue weighted by Crippen LogP contribution is 2.22. The van der Waals surface area contributed by atoms with Crippen molar-refractivity contribution in [3.8, 4) is 17.6 Å². The van der Waals surface area contributed by atoms with Crippen molar-refractivity contribution in [3.05, 3.63) is 24.0 Å². The third-order valence-corrected chi connectivity index (χ3v) is 4.23. The molecule has 5 nitrogen and oxygen atoms in total. The van der Waals surface area contributed by atoms with Gasteiger partial charge in [-0.05, 0) is 59.6 Å². The number of hydrogen-bond donors (Lipinski definition) is 0. The van der Waals surface area contributed by atoms with Crippen molar-refractivity contribution in [2.75, 3.05) is 32.9 Å². The first kappa shape index (κ1) is 21.7. The number of aromatic nitrogens is 1. The number of rotatable bonds is 7. The maximum atomic E-state index is 5.77. The largest absolute Gasteiger partial charge is 0.492 e. The lowest BCUT2D eigenvalue weighted by Gasteiger charge is -2.47. The molecule has 1 aliphatic heterocycles. The lowest BCUT2D eigenvalue weighted by Crippen LogP contribution is -2.59. The third-order valence-electron chi connectivity index (χ3n) is 4.23. The molecule has 1 aliphatic rings. The van der Waals surface area contributed by atoms with E-state index in [0.717, 1.165) is 31.0 Å². The fourth-order valence-electron chi connectivity index (χ4n) is 2.54. The SMILES string of the molecule is CC(C)(C)OCCCOc1ccc(C#CCOC2CN(C(C)(C)C)C2)nc1. The van der Waals surface area contributed by atoms with E-state index >= 15 is 0 Å². The van der Waals surface area contributed by atoms with Gasteiger partial charge >= 0.3 is 0 Å². The molecule has 0 unspecified atom stereocenters. The molecule has 2 heterocycles.